The summed E-state index contributed by atoms with van der Waals surface area (Å²) in [5.41, 5.74) is 1.04. The molecule has 0 bridgehead atoms. The van der Waals surface area contributed by atoms with Crippen molar-refractivity contribution in [3.8, 4) is 0 Å². The number of nitrogens with zero attached hydrogens (tertiary/aromatic N) is 1. The zero-order chi connectivity index (χ0) is 18.4. The van der Waals surface area contributed by atoms with E-state index >= 15 is 0 Å². The second kappa shape index (κ2) is 8.93. The topological polar surface area (TPSA) is 53.6 Å². The van der Waals surface area contributed by atoms with Crippen LogP contribution < -0.4 is 10.6 Å². The lowest BCUT2D eigenvalue weighted by atomic mass is 9.86. The summed E-state index contributed by atoms with van der Waals surface area (Å²) in [5, 5.41) is 6.35. The number of nitrogens with one attached hydrogen (secondary N) is 2. The molecule has 0 radical (unpaired) electrons. The predicted octanol–water partition coefficient (Wildman–Crippen LogP) is 2.06. The molecule has 144 valence electrons. The van der Waals surface area contributed by atoms with Crippen LogP contribution in [-0.4, -0.2) is 55.2 Å². The molecule has 1 aromatic rings. The number of morpholine rings is 1. The lowest BCUT2D eigenvalue weighted by Crippen LogP contribution is -2.62. The minimum atomic E-state index is -0.263. The fraction of sp³-hybridized carbons (Fsp3) is 0.650. The van der Waals surface area contributed by atoms with Crippen LogP contribution in [0, 0.1) is 5.82 Å². The number of benzene rings is 1. The number of hydrogen-bond donors (Lipinski definition) is 2. The van der Waals surface area contributed by atoms with E-state index < -0.39 is 0 Å². The summed E-state index contributed by atoms with van der Waals surface area (Å²) in [4.78, 5) is 14.8. The minimum Gasteiger partial charge on any atom is -0.379 e. The van der Waals surface area contributed by atoms with Crippen LogP contribution in [0.15, 0.2) is 24.3 Å². The van der Waals surface area contributed by atoms with E-state index in [1.54, 1.807) is 12.1 Å². The molecule has 26 heavy (non-hydrogen) atoms. The largest absolute Gasteiger partial charge is 0.379 e. The average molecular weight is 363 g/mol. The highest BCUT2D eigenvalue weighted by atomic mass is 19.1. The van der Waals surface area contributed by atoms with Crippen LogP contribution in [0.4, 0.5) is 4.39 Å². The number of amides is 1. The molecule has 1 aliphatic carbocycles. The van der Waals surface area contributed by atoms with E-state index in [9.17, 15) is 9.18 Å². The van der Waals surface area contributed by atoms with Crippen molar-refractivity contribution in [2.75, 3.05) is 32.8 Å². The van der Waals surface area contributed by atoms with E-state index in [0.717, 1.165) is 31.9 Å². The van der Waals surface area contributed by atoms with Gasteiger partial charge in [0.05, 0.1) is 19.8 Å². The Kier molecular flexibility index (Phi) is 6.62. The van der Waals surface area contributed by atoms with Gasteiger partial charge in [-0.25, -0.2) is 4.39 Å². The summed E-state index contributed by atoms with van der Waals surface area (Å²) in [6.07, 6.45) is 4.86. The Morgan fingerprint density at radius 3 is 2.54 bits per heavy atom. The molecule has 0 unspecified atom stereocenters. The Morgan fingerprint density at radius 1 is 1.23 bits per heavy atom. The smallest absolute Gasteiger partial charge is 0.234 e. The molecule has 5 nitrogen and oxygen atoms in total. The molecule has 1 aromatic carbocycles. The van der Waals surface area contributed by atoms with Crippen LogP contribution >= 0.6 is 0 Å². The number of ether oxygens (including phenoxy) is 1. The standard InChI is InChI=1S/C20H30FN3O2/c1-16(20(8-2-3-9-20)24-10-12-26-13-11-24)22-15-19(25)23-14-17-4-6-18(21)7-5-17/h4-7,16,22H,2-3,8-15H2,1H3,(H,23,25)/t16-/m0/s1. The molecule has 0 aromatic heterocycles. The first-order valence-electron chi connectivity index (χ1n) is 9.67. The van der Waals surface area contributed by atoms with Gasteiger partial charge in [-0.05, 0) is 37.5 Å². The lowest BCUT2D eigenvalue weighted by Gasteiger charge is -2.47. The molecular weight excluding hydrogens is 333 g/mol. The van der Waals surface area contributed by atoms with Gasteiger partial charge in [0.25, 0.3) is 0 Å². The van der Waals surface area contributed by atoms with Gasteiger partial charge in [-0.3, -0.25) is 9.69 Å². The van der Waals surface area contributed by atoms with Crippen molar-refractivity contribution in [1.29, 1.82) is 0 Å². The second-order valence-electron chi connectivity index (χ2n) is 7.42. The predicted molar refractivity (Wildman–Crippen MR) is 99.3 cm³/mol. The number of carbonyl (C=O) groups excluding carboxylic acids is 1. The molecule has 1 aliphatic heterocycles. The summed E-state index contributed by atoms with van der Waals surface area (Å²) in [6, 6.07) is 6.46. The summed E-state index contributed by atoms with van der Waals surface area (Å²) in [5.74, 6) is -0.295. The number of rotatable bonds is 7. The number of carbonyl (C=O) groups is 1. The van der Waals surface area contributed by atoms with Gasteiger partial charge >= 0.3 is 0 Å². The first-order valence-corrected chi connectivity index (χ1v) is 9.67. The monoisotopic (exact) mass is 363 g/mol. The molecule has 6 heteroatoms. The van der Waals surface area contributed by atoms with Crippen LogP contribution in [0.3, 0.4) is 0 Å². The fourth-order valence-electron chi connectivity index (χ4n) is 4.32. The van der Waals surface area contributed by atoms with Crippen LogP contribution in [-0.2, 0) is 16.1 Å². The third-order valence-corrected chi connectivity index (χ3v) is 5.89. The van der Waals surface area contributed by atoms with E-state index in [1.165, 1.54) is 37.8 Å². The van der Waals surface area contributed by atoms with E-state index in [4.69, 9.17) is 4.74 Å². The molecule has 1 amide bonds. The molecule has 2 fully saturated rings. The summed E-state index contributed by atoms with van der Waals surface area (Å²) < 4.78 is 18.4. The van der Waals surface area contributed by atoms with Crippen LogP contribution in [0.25, 0.3) is 0 Å². The number of halogens is 1. The van der Waals surface area contributed by atoms with Crippen molar-refractivity contribution in [3.05, 3.63) is 35.6 Å². The Morgan fingerprint density at radius 2 is 1.88 bits per heavy atom. The van der Waals surface area contributed by atoms with Gasteiger partial charge in [0.1, 0.15) is 5.82 Å². The Bertz CT molecular complexity index is 581. The Labute approximate surface area is 155 Å². The van der Waals surface area contributed by atoms with E-state index in [-0.39, 0.29) is 23.3 Å². The third kappa shape index (κ3) is 4.61. The minimum absolute atomic E-state index is 0.0312. The average Bonchev–Trinajstić information content (AvgIpc) is 3.17. The molecule has 1 saturated carbocycles. The van der Waals surface area contributed by atoms with Gasteiger partial charge in [-0.1, -0.05) is 25.0 Å². The lowest BCUT2D eigenvalue weighted by molar-refractivity contribution is -0.120. The summed E-state index contributed by atoms with van der Waals surface area (Å²) in [7, 11) is 0. The second-order valence-corrected chi connectivity index (χ2v) is 7.42. The number of hydrogen-bond acceptors (Lipinski definition) is 4. The Balaban J connectivity index is 1.49. The summed E-state index contributed by atoms with van der Waals surface area (Å²) >= 11 is 0. The zero-order valence-corrected chi connectivity index (χ0v) is 15.6. The highest BCUT2D eigenvalue weighted by Crippen LogP contribution is 2.38. The third-order valence-electron chi connectivity index (χ3n) is 5.89. The molecule has 0 spiro atoms. The molecule has 2 N–H and O–H groups in total. The van der Waals surface area contributed by atoms with Crippen molar-refractivity contribution in [1.82, 2.24) is 15.5 Å². The van der Waals surface area contributed by atoms with Crippen molar-refractivity contribution < 1.29 is 13.9 Å². The normalized spacial score (nSPS) is 21.5. The molecule has 3 rings (SSSR count). The molecule has 1 heterocycles. The Hall–Kier alpha value is -1.50. The molecular formula is C20H30FN3O2. The van der Waals surface area contributed by atoms with E-state index in [2.05, 4.69) is 22.5 Å². The van der Waals surface area contributed by atoms with Crippen LogP contribution in [0.5, 0.6) is 0 Å². The molecule has 2 aliphatic rings. The maximum absolute atomic E-state index is 12.9. The van der Waals surface area contributed by atoms with Gasteiger partial charge < -0.3 is 15.4 Å². The zero-order valence-electron chi connectivity index (χ0n) is 15.6. The van der Waals surface area contributed by atoms with Gasteiger partial charge in [-0.15, -0.1) is 0 Å². The van der Waals surface area contributed by atoms with Crippen molar-refractivity contribution in [2.45, 2.75) is 50.7 Å². The first kappa shape index (κ1) is 19.3. The van der Waals surface area contributed by atoms with Crippen molar-refractivity contribution in [2.24, 2.45) is 0 Å². The first-order chi connectivity index (χ1) is 12.6. The van der Waals surface area contributed by atoms with Gasteiger partial charge in [-0.2, -0.15) is 0 Å². The van der Waals surface area contributed by atoms with Gasteiger partial charge in [0.2, 0.25) is 5.91 Å². The van der Waals surface area contributed by atoms with Crippen LogP contribution in [0.1, 0.15) is 38.2 Å². The maximum atomic E-state index is 12.9. The van der Waals surface area contributed by atoms with E-state index in [0.29, 0.717) is 13.1 Å². The summed E-state index contributed by atoms with van der Waals surface area (Å²) in [6.45, 7) is 6.47. The molecule has 1 atom stereocenters. The van der Waals surface area contributed by atoms with Gasteiger partial charge in [0.15, 0.2) is 0 Å². The maximum Gasteiger partial charge on any atom is 0.234 e. The highest BCUT2D eigenvalue weighted by Gasteiger charge is 2.44. The SMILES string of the molecule is C[C@H](NCC(=O)NCc1ccc(F)cc1)C1(N2CCOCC2)CCCC1. The van der Waals surface area contributed by atoms with Gasteiger partial charge in [0, 0.05) is 31.2 Å². The van der Waals surface area contributed by atoms with Crippen LogP contribution in [0.2, 0.25) is 0 Å². The van der Waals surface area contributed by atoms with Crippen molar-refractivity contribution >= 4 is 5.91 Å². The molecule has 1 saturated heterocycles. The van der Waals surface area contributed by atoms with E-state index in [1.807, 2.05) is 0 Å². The fourth-order valence-corrected chi connectivity index (χ4v) is 4.32. The highest BCUT2D eigenvalue weighted by molar-refractivity contribution is 5.78. The van der Waals surface area contributed by atoms with Crippen molar-refractivity contribution in [3.63, 3.8) is 0 Å². The quantitative estimate of drug-likeness (QED) is 0.779.